The summed E-state index contributed by atoms with van der Waals surface area (Å²) in [7, 11) is 1.63. The lowest BCUT2D eigenvalue weighted by Crippen LogP contribution is -2.23. The van der Waals surface area contributed by atoms with Gasteiger partial charge in [0.25, 0.3) is 5.91 Å². The molecule has 0 saturated carbocycles. The second kappa shape index (κ2) is 8.86. The first-order chi connectivity index (χ1) is 14.5. The molecule has 3 aromatic carbocycles. The van der Waals surface area contributed by atoms with Crippen LogP contribution in [0.25, 0.3) is 10.9 Å². The van der Waals surface area contributed by atoms with Gasteiger partial charge in [0.1, 0.15) is 11.4 Å². The SMILES string of the molecule is COc1cccc(CNC(=O)c2[nH]c3cc(C)ccc3c2Sc2ccc(Cl)cc2)c1. The normalized spacial score (nSPS) is 10.9. The Hall–Kier alpha value is -2.89. The Labute approximate surface area is 184 Å². The predicted molar refractivity (Wildman–Crippen MR) is 123 cm³/mol. The number of benzene rings is 3. The fourth-order valence-corrected chi connectivity index (χ4v) is 4.39. The zero-order chi connectivity index (χ0) is 21.1. The summed E-state index contributed by atoms with van der Waals surface area (Å²) in [5.74, 6) is 0.616. The largest absolute Gasteiger partial charge is 0.497 e. The molecule has 1 amide bonds. The summed E-state index contributed by atoms with van der Waals surface area (Å²) in [5.41, 5.74) is 3.60. The molecule has 4 nitrogen and oxygen atoms in total. The number of carbonyl (C=O) groups is 1. The van der Waals surface area contributed by atoms with Crippen molar-refractivity contribution in [2.24, 2.45) is 0 Å². The average Bonchev–Trinajstić information content (AvgIpc) is 3.11. The molecule has 1 heterocycles. The fourth-order valence-electron chi connectivity index (χ4n) is 3.23. The topological polar surface area (TPSA) is 54.1 Å². The highest BCUT2D eigenvalue weighted by Crippen LogP contribution is 2.37. The van der Waals surface area contributed by atoms with Crippen LogP contribution in [0.1, 0.15) is 21.6 Å². The van der Waals surface area contributed by atoms with Crippen molar-refractivity contribution in [1.29, 1.82) is 0 Å². The first kappa shape index (κ1) is 20.4. The van der Waals surface area contributed by atoms with Gasteiger partial charge in [-0.05, 0) is 60.5 Å². The van der Waals surface area contributed by atoms with E-state index in [4.69, 9.17) is 16.3 Å². The average molecular weight is 437 g/mol. The first-order valence-electron chi connectivity index (χ1n) is 9.50. The number of ether oxygens (including phenoxy) is 1. The Morgan fingerprint density at radius 1 is 1.10 bits per heavy atom. The summed E-state index contributed by atoms with van der Waals surface area (Å²) in [5, 5.41) is 4.72. The summed E-state index contributed by atoms with van der Waals surface area (Å²) in [6.07, 6.45) is 0. The molecule has 0 atom stereocenters. The van der Waals surface area contributed by atoms with Gasteiger partial charge in [0.05, 0.1) is 12.0 Å². The van der Waals surface area contributed by atoms with E-state index in [1.54, 1.807) is 18.9 Å². The lowest BCUT2D eigenvalue weighted by Gasteiger charge is -2.08. The number of hydrogen-bond acceptors (Lipinski definition) is 3. The van der Waals surface area contributed by atoms with Crippen LogP contribution in [0.15, 0.2) is 76.5 Å². The van der Waals surface area contributed by atoms with Crippen molar-refractivity contribution in [2.45, 2.75) is 23.3 Å². The van der Waals surface area contributed by atoms with Gasteiger partial charge >= 0.3 is 0 Å². The summed E-state index contributed by atoms with van der Waals surface area (Å²) >= 11 is 7.57. The third-order valence-electron chi connectivity index (χ3n) is 4.75. The van der Waals surface area contributed by atoms with Crippen LogP contribution in [-0.4, -0.2) is 18.0 Å². The Balaban J connectivity index is 1.64. The van der Waals surface area contributed by atoms with Gasteiger partial charge in [0, 0.05) is 27.4 Å². The zero-order valence-corrected chi connectivity index (χ0v) is 18.2. The van der Waals surface area contributed by atoms with Gasteiger partial charge in [-0.2, -0.15) is 0 Å². The quantitative estimate of drug-likeness (QED) is 0.377. The van der Waals surface area contributed by atoms with Crippen molar-refractivity contribution in [3.8, 4) is 5.75 Å². The number of nitrogens with one attached hydrogen (secondary N) is 2. The molecule has 0 aliphatic carbocycles. The number of hydrogen-bond donors (Lipinski definition) is 2. The van der Waals surface area contributed by atoms with E-state index in [-0.39, 0.29) is 5.91 Å². The summed E-state index contributed by atoms with van der Waals surface area (Å²) < 4.78 is 5.26. The minimum atomic E-state index is -0.150. The van der Waals surface area contributed by atoms with Crippen molar-refractivity contribution in [2.75, 3.05) is 7.11 Å². The number of aryl methyl sites for hydroxylation is 1. The van der Waals surface area contributed by atoms with Crippen LogP contribution in [0.4, 0.5) is 0 Å². The lowest BCUT2D eigenvalue weighted by atomic mass is 10.2. The molecule has 152 valence electrons. The van der Waals surface area contributed by atoms with Crippen molar-refractivity contribution >= 4 is 40.2 Å². The molecule has 0 aliphatic heterocycles. The highest BCUT2D eigenvalue weighted by atomic mass is 35.5. The molecule has 4 rings (SSSR count). The Morgan fingerprint density at radius 2 is 1.90 bits per heavy atom. The van der Waals surface area contributed by atoms with Crippen LogP contribution < -0.4 is 10.1 Å². The van der Waals surface area contributed by atoms with Gasteiger partial charge in [0.2, 0.25) is 0 Å². The number of H-pyrrole nitrogens is 1. The maximum Gasteiger partial charge on any atom is 0.269 e. The first-order valence-corrected chi connectivity index (χ1v) is 10.7. The molecular weight excluding hydrogens is 416 g/mol. The molecule has 0 spiro atoms. The van der Waals surface area contributed by atoms with Gasteiger partial charge in [-0.1, -0.05) is 47.6 Å². The minimum absolute atomic E-state index is 0.150. The summed E-state index contributed by atoms with van der Waals surface area (Å²) in [4.78, 5) is 18.3. The summed E-state index contributed by atoms with van der Waals surface area (Å²) in [6, 6.07) is 21.4. The van der Waals surface area contributed by atoms with Crippen molar-refractivity contribution in [3.05, 3.63) is 88.6 Å². The van der Waals surface area contributed by atoms with Crippen molar-refractivity contribution < 1.29 is 9.53 Å². The second-order valence-electron chi connectivity index (χ2n) is 6.97. The molecular formula is C24H21ClN2O2S. The summed E-state index contributed by atoms with van der Waals surface area (Å²) in [6.45, 7) is 2.45. The number of aromatic amines is 1. The molecule has 0 radical (unpaired) electrons. The maximum absolute atomic E-state index is 13.1. The van der Waals surface area contributed by atoms with Crippen molar-refractivity contribution in [1.82, 2.24) is 10.3 Å². The molecule has 1 aromatic heterocycles. The number of rotatable bonds is 6. The van der Waals surface area contributed by atoms with Crippen LogP contribution in [0.5, 0.6) is 5.75 Å². The maximum atomic E-state index is 13.1. The Kier molecular flexibility index (Phi) is 6.02. The molecule has 0 fully saturated rings. The molecule has 0 aliphatic rings. The van der Waals surface area contributed by atoms with E-state index in [9.17, 15) is 4.79 Å². The van der Waals surface area contributed by atoms with Gasteiger partial charge < -0.3 is 15.0 Å². The third kappa shape index (κ3) is 4.48. The van der Waals surface area contributed by atoms with Crippen molar-refractivity contribution in [3.63, 3.8) is 0 Å². The van der Waals surface area contributed by atoms with Crippen LogP contribution in [0, 0.1) is 6.92 Å². The number of carbonyl (C=O) groups excluding carboxylic acids is 1. The van der Waals surface area contributed by atoms with E-state index < -0.39 is 0 Å². The van der Waals surface area contributed by atoms with Gasteiger partial charge in [-0.25, -0.2) is 0 Å². The molecule has 30 heavy (non-hydrogen) atoms. The van der Waals surface area contributed by atoms with Gasteiger partial charge in [-0.15, -0.1) is 0 Å². The van der Waals surface area contributed by atoms with Gasteiger partial charge in [0.15, 0.2) is 0 Å². The number of methoxy groups -OCH3 is 1. The Bertz CT molecular complexity index is 1200. The molecule has 0 bridgehead atoms. The lowest BCUT2D eigenvalue weighted by molar-refractivity contribution is 0.0944. The van der Waals surface area contributed by atoms with E-state index in [1.807, 2.05) is 55.5 Å². The van der Waals surface area contributed by atoms with Gasteiger partial charge in [-0.3, -0.25) is 4.79 Å². The number of amides is 1. The van der Waals surface area contributed by atoms with Crippen LogP contribution in [0.2, 0.25) is 5.02 Å². The van der Waals surface area contributed by atoms with Crippen LogP contribution in [0.3, 0.4) is 0 Å². The monoisotopic (exact) mass is 436 g/mol. The number of aromatic nitrogens is 1. The predicted octanol–water partition coefficient (Wildman–Crippen LogP) is 6.22. The van der Waals surface area contributed by atoms with Crippen LogP contribution in [-0.2, 0) is 6.54 Å². The standard InChI is InChI=1S/C24H21ClN2O2S/c1-15-6-11-20-21(12-15)27-22(23(20)30-19-9-7-17(25)8-10-19)24(28)26-14-16-4-3-5-18(13-16)29-2/h3-13,27H,14H2,1-2H3,(H,26,28). The van der Waals surface area contributed by atoms with E-state index in [0.29, 0.717) is 17.3 Å². The number of halogens is 1. The fraction of sp³-hybridized carbons (Fsp3) is 0.125. The second-order valence-corrected chi connectivity index (χ2v) is 8.49. The number of fused-ring (bicyclic) bond motifs is 1. The minimum Gasteiger partial charge on any atom is -0.497 e. The molecule has 2 N–H and O–H groups in total. The van der Waals surface area contributed by atoms with E-state index in [0.717, 1.165) is 37.6 Å². The Morgan fingerprint density at radius 3 is 2.67 bits per heavy atom. The smallest absolute Gasteiger partial charge is 0.269 e. The zero-order valence-electron chi connectivity index (χ0n) is 16.7. The molecule has 0 unspecified atom stereocenters. The highest BCUT2D eigenvalue weighted by molar-refractivity contribution is 7.99. The molecule has 0 saturated heterocycles. The van der Waals surface area contributed by atoms with E-state index >= 15 is 0 Å². The third-order valence-corrected chi connectivity index (χ3v) is 6.14. The van der Waals surface area contributed by atoms with E-state index in [2.05, 4.69) is 28.5 Å². The van der Waals surface area contributed by atoms with E-state index in [1.165, 1.54) is 0 Å². The molecule has 6 heteroatoms. The van der Waals surface area contributed by atoms with Crippen LogP contribution >= 0.6 is 23.4 Å². The highest BCUT2D eigenvalue weighted by Gasteiger charge is 2.19. The molecule has 4 aromatic rings.